The van der Waals surface area contributed by atoms with Crippen LogP contribution in [0.4, 0.5) is 5.69 Å². The van der Waals surface area contributed by atoms with E-state index in [9.17, 15) is 4.79 Å². The maximum atomic E-state index is 12.0. The fraction of sp³-hybridized carbons (Fsp3) is 0.0909. The molecule has 1 amide bonds. The number of nitrogens with one attached hydrogen (secondary N) is 1. The van der Waals surface area contributed by atoms with E-state index in [1.54, 1.807) is 18.5 Å². The molecule has 17 heavy (non-hydrogen) atoms. The summed E-state index contributed by atoms with van der Waals surface area (Å²) in [6.07, 6.45) is 3.37. The fourth-order valence-corrected chi connectivity index (χ4v) is 4.11. The van der Waals surface area contributed by atoms with Crippen molar-refractivity contribution in [2.24, 2.45) is 0 Å². The number of carbonyl (C=O) groups excluding carboxylic acids is 1. The number of hydrogen-bond acceptors (Lipinski definition) is 3. The minimum Gasteiger partial charge on any atom is -0.321 e. The summed E-state index contributed by atoms with van der Waals surface area (Å²) in [5, 5.41) is 2.81. The average Bonchev–Trinajstić information content (AvgIpc) is 2.58. The van der Waals surface area contributed by atoms with Crippen LogP contribution in [0, 0.1) is 6.92 Å². The molecule has 3 nitrogen and oxygen atoms in total. The molecular formula is C11H8Br2N2OS. The van der Waals surface area contributed by atoms with Crippen molar-refractivity contribution in [1.29, 1.82) is 0 Å². The highest BCUT2D eigenvalue weighted by Gasteiger charge is 2.13. The Balaban J connectivity index is 2.20. The highest BCUT2D eigenvalue weighted by atomic mass is 79.9. The zero-order valence-corrected chi connectivity index (χ0v) is 12.8. The van der Waals surface area contributed by atoms with E-state index in [0.717, 1.165) is 13.1 Å². The van der Waals surface area contributed by atoms with Crippen molar-refractivity contribution < 1.29 is 4.79 Å². The SMILES string of the molecule is Cc1cncc(NC(=O)c2cc(Br)sc2Br)c1. The minimum absolute atomic E-state index is 0.147. The Morgan fingerprint density at radius 1 is 1.35 bits per heavy atom. The molecule has 2 aromatic rings. The summed E-state index contributed by atoms with van der Waals surface area (Å²) in [6.45, 7) is 1.93. The van der Waals surface area contributed by atoms with Gasteiger partial charge in [-0.2, -0.15) is 0 Å². The predicted molar refractivity (Wildman–Crippen MR) is 76.6 cm³/mol. The molecule has 0 spiro atoms. The van der Waals surface area contributed by atoms with Crippen LogP contribution < -0.4 is 5.32 Å². The number of halogens is 2. The number of hydrogen-bond donors (Lipinski definition) is 1. The maximum Gasteiger partial charge on any atom is 0.257 e. The highest BCUT2D eigenvalue weighted by molar-refractivity contribution is 9.12. The second-order valence-electron chi connectivity index (χ2n) is 3.44. The number of anilines is 1. The Hall–Kier alpha value is -0.720. The van der Waals surface area contributed by atoms with Crippen molar-refractivity contribution in [2.75, 3.05) is 5.32 Å². The van der Waals surface area contributed by atoms with Crippen LogP contribution >= 0.6 is 43.2 Å². The van der Waals surface area contributed by atoms with E-state index >= 15 is 0 Å². The number of nitrogens with zero attached hydrogens (tertiary/aromatic N) is 1. The van der Waals surface area contributed by atoms with Crippen molar-refractivity contribution >= 4 is 54.8 Å². The van der Waals surface area contributed by atoms with Gasteiger partial charge in [0, 0.05) is 6.20 Å². The van der Waals surface area contributed by atoms with Crippen LogP contribution in [0.1, 0.15) is 15.9 Å². The molecule has 2 aromatic heterocycles. The van der Waals surface area contributed by atoms with Crippen LogP contribution in [-0.2, 0) is 0 Å². The van der Waals surface area contributed by atoms with Gasteiger partial charge in [-0.05, 0) is 56.5 Å². The Labute approximate surface area is 120 Å². The lowest BCUT2D eigenvalue weighted by atomic mass is 10.2. The van der Waals surface area contributed by atoms with Crippen molar-refractivity contribution in [3.63, 3.8) is 0 Å². The molecule has 0 aliphatic carbocycles. The molecule has 0 atom stereocenters. The first-order valence-electron chi connectivity index (χ1n) is 4.74. The molecule has 0 aliphatic heterocycles. The quantitative estimate of drug-likeness (QED) is 0.853. The Morgan fingerprint density at radius 3 is 2.71 bits per heavy atom. The topological polar surface area (TPSA) is 42.0 Å². The van der Waals surface area contributed by atoms with E-state index in [1.165, 1.54) is 11.3 Å². The summed E-state index contributed by atoms with van der Waals surface area (Å²) in [4.78, 5) is 16.0. The molecule has 2 rings (SSSR count). The highest BCUT2D eigenvalue weighted by Crippen LogP contribution is 2.32. The van der Waals surface area contributed by atoms with Crippen LogP contribution in [0.2, 0.25) is 0 Å². The Bertz CT molecular complexity index is 568. The van der Waals surface area contributed by atoms with E-state index in [0.29, 0.717) is 11.3 Å². The van der Waals surface area contributed by atoms with Gasteiger partial charge in [0.1, 0.15) is 0 Å². The molecule has 2 heterocycles. The normalized spacial score (nSPS) is 10.3. The summed E-state index contributed by atoms with van der Waals surface area (Å²) in [7, 11) is 0. The smallest absolute Gasteiger partial charge is 0.257 e. The zero-order chi connectivity index (χ0) is 12.4. The molecule has 0 unspecified atom stereocenters. The van der Waals surface area contributed by atoms with E-state index in [-0.39, 0.29) is 5.91 Å². The second-order valence-corrected chi connectivity index (χ2v) is 7.19. The molecule has 1 N–H and O–H groups in total. The van der Waals surface area contributed by atoms with Crippen LogP contribution in [0.5, 0.6) is 0 Å². The molecule has 0 aliphatic rings. The largest absolute Gasteiger partial charge is 0.321 e. The number of carbonyl (C=O) groups is 1. The standard InChI is InChI=1S/C11H8Br2N2OS/c1-6-2-7(5-14-4-6)15-11(16)8-3-9(12)17-10(8)13/h2-5H,1H3,(H,15,16). The number of amides is 1. The van der Waals surface area contributed by atoms with Gasteiger partial charge < -0.3 is 5.32 Å². The first-order chi connectivity index (χ1) is 8.06. The lowest BCUT2D eigenvalue weighted by molar-refractivity contribution is 0.102. The second kappa shape index (κ2) is 5.29. The molecule has 6 heteroatoms. The lowest BCUT2D eigenvalue weighted by Gasteiger charge is -2.04. The van der Waals surface area contributed by atoms with Crippen molar-refractivity contribution in [1.82, 2.24) is 4.98 Å². The first kappa shape index (κ1) is 12.7. The molecular weight excluding hydrogens is 368 g/mol. The van der Waals surface area contributed by atoms with E-state index in [2.05, 4.69) is 42.2 Å². The number of rotatable bonds is 2. The maximum absolute atomic E-state index is 12.0. The fourth-order valence-electron chi connectivity index (χ4n) is 1.32. The summed E-state index contributed by atoms with van der Waals surface area (Å²) >= 11 is 8.17. The Kier molecular flexibility index (Phi) is 3.96. The van der Waals surface area contributed by atoms with Gasteiger partial charge >= 0.3 is 0 Å². The molecule has 0 saturated heterocycles. The van der Waals surface area contributed by atoms with Gasteiger partial charge in [0.2, 0.25) is 0 Å². The summed E-state index contributed by atoms with van der Waals surface area (Å²) in [5.41, 5.74) is 2.32. The molecule has 0 radical (unpaired) electrons. The van der Waals surface area contributed by atoms with Gasteiger partial charge in [0.25, 0.3) is 5.91 Å². The summed E-state index contributed by atoms with van der Waals surface area (Å²) in [6, 6.07) is 3.66. The van der Waals surface area contributed by atoms with E-state index in [1.807, 2.05) is 13.0 Å². The van der Waals surface area contributed by atoms with Crippen LogP contribution in [-0.4, -0.2) is 10.9 Å². The van der Waals surface area contributed by atoms with Gasteiger partial charge in [0.15, 0.2) is 0 Å². The van der Waals surface area contributed by atoms with Crippen molar-refractivity contribution in [3.05, 3.63) is 43.2 Å². The van der Waals surface area contributed by atoms with Crippen LogP contribution in [0.25, 0.3) is 0 Å². The van der Waals surface area contributed by atoms with Crippen molar-refractivity contribution in [2.45, 2.75) is 6.92 Å². The van der Waals surface area contributed by atoms with E-state index < -0.39 is 0 Å². The number of aromatic nitrogens is 1. The first-order valence-corrected chi connectivity index (χ1v) is 7.14. The van der Waals surface area contributed by atoms with Gasteiger partial charge in [-0.3, -0.25) is 9.78 Å². The predicted octanol–water partition coefficient (Wildman–Crippen LogP) is 4.23. The van der Waals surface area contributed by atoms with Gasteiger partial charge in [-0.15, -0.1) is 11.3 Å². The summed E-state index contributed by atoms with van der Waals surface area (Å²) < 4.78 is 1.72. The van der Waals surface area contributed by atoms with E-state index in [4.69, 9.17) is 0 Å². The van der Waals surface area contributed by atoms with Gasteiger partial charge in [0.05, 0.1) is 25.0 Å². The number of pyridine rings is 1. The summed E-state index contributed by atoms with van der Waals surface area (Å²) in [5.74, 6) is -0.147. The van der Waals surface area contributed by atoms with Crippen LogP contribution in [0.15, 0.2) is 32.1 Å². The third kappa shape index (κ3) is 3.14. The molecule has 0 saturated carbocycles. The Morgan fingerprint density at radius 2 is 2.12 bits per heavy atom. The zero-order valence-electron chi connectivity index (χ0n) is 8.83. The van der Waals surface area contributed by atoms with Gasteiger partial charge in [-0.25, -0.2) is 0 Å². The minimum atomic E-state index is -0.147. The molecule has 0 bridgehead atoms. The number of aryl methyl sites for hydroxylation is 1. The molecule has 0 aromatic carbocycles. The monoisotopic (exact) mass is 374 g/mol. The lowest BCUT2D eigenvalue weighted by Crippen LogP contribution is -2.11. The molecule has 88 valence electrons. The van der Waals surface area contributed by atoms with Crippen molar-refractivity contribution in [3.8, 4) is 0 Å². The third-order valence-corrected chi connectivity index (χ3v) is 4.37. The average molecular weight is 376 g/mol. The van der Waals surface area contributed by atoms with Gasteiger partial charge in [-0.1, -0.05) is 0 Å². The number of thiophene rings is 1. The van der Waals surface area contributed by atoms with Crippen LogP contribution in [0.3, 0.4) is 0 Å². The third-order valence-electron chi connectivity index (χ3n) is 2.03. The molecule has 0 fully saturated rings.